The van der Waals surface area contributed by atoms with Gasteiger partial charge in [0.1, 0.15) is 17.3 Å². The van der Waals surface area contributed by atoms with Gasteiger partial charge in [0.15, 0.2) is 0 Å². The van der Waals surface area contributed by atoms with Crippen LogP contribution in [0.4, 0.5) is 5.82 Å². The number of anilines is 1. The third-order valence-corrected chi connectivity index (χ3v) is 6.07. The van der Waals surface area contributed by atoms with Gasteiger partial charge in [-0.15, -0.1) is 0 Å². The Balaban J connectivity index is 1.70. The molecule has 1 saturated heterocycles. The first-order valence-corrected chi connectivity index (χ1v) is 11.2. The summed E-state index contributed by atoms with van der Waals surface area (Å²) in [6.45, 7) is 12.3. The molecule has 0 radical (unpaired) electrons. The molecule has 0 amide bonds. The molecule has 6 heteroatoms. The van der Waals surface area contributed by atoms with Crippen LogP contribution in [0.15, 0.2) is 55.4 Å². The van der Waals surface area contributed by atoms with Gasteiger partial charge >= 0.3 is 0 Å². The first kappa shape index (κ1) is 22.0. The summed E-state index contributed by atoms with van der Waals surface area (Å²) in [5.41, 5.74) is 11.6. The molecule has 0 spiro atoms. The zero-order valence-corrected chi connectivity index (χ0v) is 19.0. The van der Waals surface area contributed by atoms with Crippen molar-refractivity contribution < 1.29 is 0 Å². The van der Waals surface area contributed by atoms with Crippen LogP contribution in [0.1, 0.15) is 30.2 Å². The van der Waals surface area contributed by atoms with E-state index in [-0.39, 0.29) is 0 Å². The van der Waals surface area contributed by atoms with E-state index in [9.17, 15) is 0 Å². The second-order valence-electron chi connectivity index (χ2n) is 8.33. The average Bonchev–Trinajstić information content (AvgIpc) is 2.98. The lowest BCUT2D eigenvalue weighted by Gasteiger charge is -2.24. The number of pyridine rings is 1. The maximum absolute atomic E-state index is 6.64. The number of nitrogens with one attached hydrogen (secondary N) is 1. The van der Waals surface area contributed by atoms with Crippen molar-refractivity contribution in [1.82, 2.24) is 24.8 Å². The summed E-state index contributed by atoms with van der Waals surface area (Å²) >= 11 is 0. The molecule has 4 rings (SSSR count). The zero-order chi connectivity index (χ0) is 22.5. The fourth-order valence-electron chi connectivity index (χ4n) is 4.21. The van der Waals surface area contributed by atoms with Crippen LogP contribution in [0, 0.1) is 6.92 Å². The van der Waals surface area contributed by atoms with Gasteiger partial charge in [-0.3, -0.25) is 14.5 Å². The van der Waals surface area contributed by atoms with E-state index in [0.717, 1.165) is 60.1 Å². The highest BCUT2D eigenvalue weighted by Gasteiger charge is 2.19. The minimum atomic E-state index is 0.510. The number of nitrogens with zero attached hydrogens (tertiary/aromatic N) is 4. The summed E-state index contributed by atoms with van der Waals surface area (Å²) in [5.74, 6) is 1.45. The van der Waals surface area contributed by atoms with Gasteiger partial charge in [0.2, 0.25) is 0 Å². The lowest BCUT2D eigenvalue weighted by atomic mass is 10.0. The fraction of sp³-hybridized carbons (Fsp3) is 0.308. The molecule has 166 valence electrons. The Kier molecular flexibility index (Phi) is 6.83. The molecule has 0 aliphatic carbocycles. The molecule has 0 saturated carbocycles. The second-order valence-corrected chi connectivity index (χ2v) is 8.33. The Bertz CT molecular complexity index is 1100. The van der Waals surface area contributed by atoms with Gasteiger partial charge in [0, 0.05) is 43.6 Å². The second kappa shape index (κ2) is 9.94. The molecule has 1 aliphatic rings. The van der Waals surface area contributed by atoms with E-state index in [1.165, 1.54) is 6.42 Å². The molecule has 32 heavy (non-hydrogen) atoms. The largest absolute Gasteiger partial charge is 0.383 e. The van der Waals surface area contributed by atoms with Gasteiger partial charge in [-0.1, -0.05) is 36.9 Å². The van der Waals surface area contributed by atoms with E-state index in [0.29, 0.717) is 11.9 Å². The standard InChI is InChI=1S/C26H32N6/c1-4-21-8-9-23(19(2)17-21)26-30-24(25(27)32(26)22-10-13-28-14-11-22)7-5-15-31-16-6-12-29-18-20(31)3/h4-5,7-11,13-14,17,20,29H,1,6,12,15-16,18,27H2,2-3H3/b7-5-/t20-/m1/s1. The SMILES string of the molecule is C=Cc1ccc(-c2nc(/C=C\CN3CCCNC[C@H]3C)c(N)n2-c2ccncc2)c(C)c1. The van der Waals surface area contributed by atoms with E-state index in [1.54, 1.807) is 12.4 Å². The summed E-state index contributed by atoms with van der Waals surface area (Å²) in [4.78, 5) is 11.6. The molecule has 3 aromatic rings. The van der Waals surface area contributed by atoms with Crippen LogP contribution in [-0.4, -0.2) is 51.7 Å². The van der Waals surface area contributed by atoms with E-state index < -0.39 is 0 Å². The summed E-state index contributed by atoms with van der Waals surface area (Å²) < 4.78 is 2.01. The maximum Gasteiger partial charge on any atom is 0.147 e. The molecule has 2 aromatic heterocycles. The Morgan fingerprint density at radius 1 is 1.25 bits per heavy atom. The normalized spacial score (nSPS) is 17.5. The highest BCUT2D eigenvalue weighted by molar-refractivity contribution is 5.73. The van der Waals surface area contributed by atoms with Crippen LogP contribution in [-0.2, 0) is 0 Å². The molecule has 0 unspecified atom stereocenters. The number of benzene rings is 1. The van der Waals surface area contributed by atoms with Crippen LogP contribution in [0.25, 0.3) is 29.2 Å². The van der Waals surface area contributed by atoms with Gasteiger partial charge < -0.3 is 11.1 Å². The number of hydrogen-bond acceptors (Lipinski definition) is 5. The van der Waals surface area contributed by atoms with Crippen molar-refractivity contribution in [3.8, 4) is 17.1 Å². The molecule has 3 heterocycles. The summed E-state index contributed by atoms with van der Waals surface area (Å²) in [5, 5.41) is 3.49. The third kappa shape index (κ3) is 4.66. The third-order valence-electron chi connectivity index (χ3n) is 6.07. The number of rotatable bonds is 6. The summed E-state index contributed by atoms with van der Waals surface area (Å²) in [6, 6.07) is 10.7. The van der Waals surface area contributed by atoms with Crippen molar-refractivity contribution in [3.05, 3.63) is 72.2 Å². The van der Waals surface area contributed by atoms with Gasteiger partial charge in [0.05, 0.1) is 5.69 Å². The van der Waals surface area contributed by atoms with Crippen molar-refractivity contribution in [2.24, 2.45) is 0 Å². The van der Waals surface area contributed by atoms with E-state index >= 15 is 0 Å². The molecule has 1 fully saturated rings. The smallest absolute Gasteiger partial charge is 0.147 e. The molecule has 1 aromatic carbocycles. The van der Waals surface area contributed by atoms with E-state index in [4.69, 9.17) is 10.7 Å². The molecule has 3 N–H and O–H groups in total. The van der Waals surface area contributed by atoms with Crippen molar-refractivity contribution in [2.75, 3.05) is 31.9 Å². The van der Waals surface area contributed by atoms with E-state index in [1.807, 2.05) is 22.8 Å². The number of hydrogen-bond donors (Lipinski definition) is 2. The van der Waals surface area contributed by atoms with Crippen LogP contribution in [0.5, 0.6) is 0 Å². The zero-order valence-electron chi connectivity index (χ0n) is 19.0. The van der Waals surface area contributed by atoms with E-state index in [2.05, 4.69) is 66.0 Å². The van der Waals surface area contributed by atoms with Crippen LogP contribution < -0.4 is 11.1 Å². The number of nitrogens with two attached hydrogens (primary N) is 1. The molecule has 6 nitrogen and oxygen atoms in total. The van der Waals surface area contributed by atoms with Crippen LogP contribution in [0.3, 0.4) is 0 Å². The number of aromatic nitrogens is 3. The summed E-state index contributed by atoms with van der Waals surface area (Å²) in [6.07, 6.45) is 10.8. The first-order chi connectivity index (χ1) is 15.6. The van der Waals surface area contributed by atoms with Gasteiger partial charge in [0.25, 0.3) is 0 Å². The quantitative estimate of drug-likeness (QED) is 0.617. The van der Waals surface area contributed by atoms with Gasteiger partial charge in [-0.2, -0.15) is 0 Å². The van der Waals surface area contributed by atoms with Crippen LogP contribution in [0.2, 0.25) is 0 Å². The average molecular weight is 429 g/mol. The Hall–Kier alpha value is -3.22. The van der Waals surface area contributed by atoms with Crippen molar-refractivity contribution in [1.29, 1.82) is 0 Å². The van der Waals surface area contributed by atoms with Crippen LogP contribution >= 0.6 is 0 Å². The van der Waals surface area contributed by atoms with Gasteiger partial charge in [-0.25, -0.2) is 4.98 Å². The van der Waals surface area contributed by atoms with Crippen molar-refractivity contribution >= 4 is 18.0 Å². The first-order valence-electron chi connectivity index (χ1n) is 11.2. The molecule has 0 bridgehead atoms. The lowest BCUT2D eigenvalue weighted by Crippen LogP contribution is -2.37. The Labute approximate surface area is 190 Å². The predicted octanol–water partition coefficient (Wildman–Crippen LogP) is 4.16. The minimum Gasteiger partial charge on any atom is -0.383 e. The molecular formula is C26H32N6. The highest BCUT2D eigenvalue weighted by Crippen LogP contribution is 2.31. The number of aryl methyl sites for hydroxylation is 1. The van der Waals surface area contributed by atoms with Gasteiger partial charge in [-0.05, 0) is 56.1 Å². The van der Waals surface area contributed by atoms with Crippen molar-refractivity contribution in [2.45, 2.75) is 26.3 Å². The molecule has 1 atom stereocenters. The molecule has 1 aliphatic heterocycles. The number of imidazole rings is 1. The number of nitrogen functional groups attached to an aromatic ring is 1. The Morgan fingerprint density at radius 2 is 2.06 bits per heavy atom. The predicted molar refractivity (Wildman–Crippen MR) is 134 cm³/mol. The minimum absolute atomic E-state index is 0.510. The monoisotopic (exact) mass is 428 g/mol. The van der Waals surface area contributed by atoms with Crippen molar-refractivity contribution in [3.63, 3.8) is 0 Å². The molecular weight excluding hydrogens is 396 g/mol. The fourth-order valence-corrected chi connectivity index (χ4v) is 4.21. The summed E-state index contributed by atoms with van der Waals surface area (Å²) in [7, 11) is 0. The topological polar surface area (TPSA) is 72.0 Å². The lowest BCUT2D eigenvalue weighted by molar-refractivity contribution is 0.247. The maximum atomic E-state index is 6.64. The Morgan fingerprint density at radius 3 is 2.81 bits per heavy atom. The highest BCUT2D eigenvalue weighted by atomic mass is 15.2.